The van der Waals surface area contributed by atoms with E-state index in [2.05, 4.69) is 33.7 Å². The number of carbonyl (C=O) groups is 1. The Morgan fingerprint density at radius 1 is 1.24 bits per heavy atom. The lowest BCUT2D eigenvalue weighted by Crippen LogP contribution is -2.38. The molecule has 126 valence electrons. The summed E-state index contributed by atoms with van der Waals surface area (Å²) < 4.78 is 0. The monoisotopic (exact) mass is 350 g/mol. The number of nitrogens with zero attached hydrogens (tertiary/aromatic N) is 3. The van der Waals surface area contributed by atoms with Crippen LogP contribution in [0.15, 0.2) is 54.2 Å². The predicted octanol–water partition coefficient (Wildman–Crippen LogP) is 4.04. The fraction of sp³-hybridized carbons (Fsp3) is 0.211. The minimum Gasteiger partial charge on any atom is -0.331 e. The Labute approximate surface area is 150 Å². The summed E-state index contributed by atoms with van der Waals surface area (Å²) in [5.41, 5.74) is 2.75. The molecule has 0 saturated carbocycles. The van der Waals surface area contributed by atoms with Crippen LogP contribution >= 0.6 is 11.3 Å². The van der Waals surface area contributed by atoms with E-state index in [4.69, 9.17) is 0 Å². The molecule has 0 spiro atoms. The van der Waals surface area contributed by atoms with Crippen molar-refractivity contribution in [2.75, 3.05) is 11.9 Å². The lowest BCUT2D eigenvalue weighted by atomic mass is 10.0. The van der Waals surface area contributed by atoms with Gasteiger partial charge in [0.2, 0.25) is 5.95 Å². The third-order valence-electron chi connectivity index (χ3n) is 4.47. The van der Waals surface area contributed by atoms with Gasteiger partial charge in [0.15, 0.2) is 0 Å². The van der Waals surface area contributed by atoms with Gasteiger partial charge in [-0.3, -0.25) is 4.79 Å². The molecule has 0 aliphatic carbocycles. The quantitative estimate of drug-likeness (QED) is 0.774. The Bertz CT molecular complexity index is 893. The number of nitrogens with one attached hydrogen (secondary N) is 1. The molecule has 1 aliphatic rings. The highest BCUT2D eigenvalue weighted by atomic mass is 32.1. The number of carbonyl (C=O) groups excluding carboxylic acids is 1. The summed E-state index contributed by atoms with van der Waals surface area (Å²) in [6.07, 6.45) is 4.29. The highest BCUT2D eigenvalue weighted by molar-refractivity contribution is 7.10. The van der Waals surface area contributed by atoms with E-state index in [0.29, 0.717) is 11.5 Å². The van der Waals surface area contributed by atoms with Crippen LogP contribution in [0.1, 0.15) is 33.8 Å². The number of fused-ring (bicyclic) bond motifs is 1. The van der Waals surface area contributed by atoms with Crippen LogP contribution in [0.4, 0.5) is 11.6 Å². The van der Waals surface area contributed by atoms with Crippen LogP contribution in [0, 0.1) is 0 Å². The molecule has 6 heteroatoms. The summed E-state index contributed by atoms with van der Waals surface area (Å²) in [6.45, 7) is 2.86. The summed E-state index contributed by atoms with van der Waals surface area (Å²) >= 11 is 1.78. The second-order valence-corrected chi connectivity index (χ2v) is 7.00. The average molecular weight is 350 g/mol. The van der Waals surface area contributed by atoms with Gasteiger partial charge in [-0.2, -0.15) is 0 Å². The van der Waals surface area contributed by atoms with Gasteiger partial charge in [0.1, 0.15) is 0 Å². The molecule has 3 heterocycles. The van der Waals surface area contributed by atoms with Crippen molar-refractivity contribution in [3.63, 3.8) is 0 Å². The molecule has 0 bridgehead atoms. The Kier molecular flexibility index (Phi) is 4.19. The standard InChI is InChI=1S/C19H18N4OS/c1-13-16-7-11-25-17(16)6-10-23(13)18(24)14-4-2-5-15(12-14)22-19-20-8-3-9-21-19/h2-5,7-9,11-13H,6,10H2,1H3,(H,20,21,22)/t13-/m0/s1. The van der Waals surface area contributed by atoms with Crippen molar-refractivity contribution >= 4 is 28.9 Å². The van der Waals surface area contributed by atoms with Crippen molar-refractivity contribution in [1.82, 2.24) is 14.9 Å². The van der Waals surface area contributed by atoms with Crippen molar-refractivity contribution in [2.24, 2.45) is 0 Å². The maximum atomic E-state index is 13.0. The summed E-state index contributed by atoms with van der Waals surface area (Å²) in [7, 11) is 0. The lowest BCUT2D eigenvalue weighted by Gasteiger charge is -2.33. The number of rotatable bonds is 3. The molecule has 1 amide bonds. The van der Waals surface area contributed by atoms with E-state index in [1.54, 1.807) is 29.8 Å². The average Bonchev–Trinajstić information content (AvgIpc) is 3.12. The highest BCUT2D eigenvalue weighted by Gasteiger charge is 2.28. The van der Waals surface area contributed by atoms with Crippen LogP contribution < -0.4 is 5.32 Å². The highest BCUT2D eigenvalue weighted by Crippen LogP contribution is 2.33. The zero-order valence-electron chi connectivity index (χ0n) is 13.8. The summed E-state index contributed by atoms with van der Waals surface area (Å²) in [6, 6.07) is 11.5. The molecular formula is C19H18N4OS. The second kappa shape index (κ2) is 6.64. The number of thiophene rings is 1. The molecule has 0 unspecified atom stereocenters. The molecule has 0 saturated heterocycles. The molecule has 1 aliphatic heterocycles. The van der Waals surface area contributed by atoms with Crippen LogP contribution in [0.2, 0.25) is 0 Å². The molecule has 3 aromatic rings. The Morgan fingerprint density at radius 3 is 2.92 bits per heavy atom. The van der Waals surface area contributed by atoms with Crippen molar-refractivity contribution < 1.29 is 4.79 Å². The van der Waals surface area contributed by atoms with Gasteiger partial charge in [0.05, 0.1) is 6.04 Å². The zero-order chi connectivity index (χ0) is 17.2. The van der Waals surface area contributed by atoms with E-state index in [1.165, 1.54) is 10.4 Å². The molecule has 1 atom stereocenters. The van der Waals surface area contributed by atoms with Crippen LogP contribution in [0.5, 0.6) is 0 Å². The number of amides is 1. The number of hydrogen-bond donors (Lipinski definition) is 1. The third-order valence-corrected chi connectivity index (χ3v) is 5.47. The van der Waals surface area contributed by atoms with Gasteiger partial charge in [-0.1, -0.05) is 6.07 Å². The zero-order valence-corrected chi connectivity index (χ0v) is 14.7. The molecule has 5 nitrogen and oxygen atoms in total. The smallest absolute Gasteiger partial charge is 0.254 e. The first-order valence-corrected chi connectivity index (χ1v) is 9.11. The van der Waals surface area contributed by atoms with Crippen molar-refractivity contribution in [2.45, 2.75) is 19.4 Å². The normalized spacial score (nSPS) is 16.4. The lowest BCUT2D eigenvalue weighted by molar-refractivity contribution is 0.0679. The maximum Gasteiger partial charge on any atom is 0.254 e. The van der Waals surface area contributed by atoms with E-state index in [-0.39, 0.29) is 11.9 Å². The molecular weight excluding hydrogens is 332 g/mol. The molecule has 0 fully saturated rings. The van der Waals surface area contributed by atoms with E-state index in [0.717, 1.165) is 18.7 Å². The second-order valence-electron chi connectivity index (χ2n) is 6.00. The maximum absolute atomic E-state index is 13.0. The fourth-order valence-electron chi connectivity index (χ4n) is 3.18. The SMILES string of the molecule is C[C@H]1c2ccsc2CCN1C(=O)c1cccc(Nc2ncccn2)c1. The van der Waals surface area contributed by atoms with Crippen molar-refractivity contribution in [3.8, 4) is 0 Å². The van der Waals surface area contributed by atoms with Gasteiger partial charge < -0.3 is 10.2 Å². The van der Waals surface area contributed by atoms with Gasteiger partial charge in [-0.05, 0) is 54.6 Å². The molecule has 1 N–H and O–H groups in total. The Hall–Kier alpha value is -2.73. The van der Waals surface area contributed by atoms with E-state index in [1.807, 2.05) is 29.2 Å². The van der Waals surface area contributed by atoms with Crippen LogP contribution in [0.3, 0.4) is 0 Å². The van der Waals surface area contributed by atoms with E-state index < -0.39 is 0 Å². The molecule has 2 aromatic heterocycles. The van der Waals surface area contributed by atoms with Gasteiger partial charge >= 0.3 is 0 Å². The first-order valence-electron chi connectivity index (χ1n) is 8.24. The molecule has 25 heavy (non-hydrogen) atoms. The van der Waals surface area contributed by atoms with Crippen LogP contribution in [-0.2, 0) is 6.42 Å². The Balaban J connectivity index is 1.56. The Morgan fingerprint density at radius 2 is 2.08 bits per heavy atom. The summed E-state index contributed by atoms with van der Waals surface area (Å²) in [5.74, 6) is 0.573. The number of anilines is 2. The van der Waals surface area contributed by atoms with E-state index in [9.17, 15) is 4.79 Å². The first-order chi connectivity index (χ1) is 12.2. The minimum absolute atomic E-state index is 0.0574. The van der Waals surface area contributed by atoms with Gasteiger partial charge in [-0.15, -0.1) is 11.3 Å². The number of benzene rings is 1. The number of hydrogen-bond acceptors (Lipinski definition) is 5. The fourth-order valence-corrected chi connectivity index (χ4v) is 4.14. The topological polar surface area (TPSA) is 58.1 Å². The van der Waals surface area contributed by atoms with Crippen LogP contribution in [0.25, 0.3) is 0 Å². The predicted molar refractivity (Wildman–Crippen MR) is 99.2 cm³/mol. The van der Waals surface area contributed by atoms with Gasteiger partial charge in [0.25, 0.3) is 5.91 Å². The minimum atomic E-state index is 0.0574. The van der Waals surface area contributed by atoms with Crippen LogP contribution in [-0.4, -0.2) is 27.3 Å². The van der Waals surface area contributed by atoms with Crippen molar-refractivity contribution in [3.05, 3.63) is 70.2 Å². The largest absolute Gasteiger partial charge is 0.331 e. The summed E-state index contributed by atoms with van der Waals surface area (Å²) in [4.78, 5) is 24.7. The molecule has 1 aromatic carbocycles. The molecule has 4 rings (SSSR count). The van der Waals surface area contributed by atoms with Crippen molar-refractivity contribution in [1.29, 1.82) is 0 Å². The van der Waals surface area contributed by atoms with Gasteiger partial charge in [-0.25, -0.2) is 9.97 Å². The third kappa shape index (κ3) is 3.13. The molecule has 0 radical (unpaired) electrons. The first kappa shape index (κ1) is 15.8. The number of aromatic nitrogens is 2. The van der Waals surface area contributed by atoms with Gasteiger partial charge in [0, 0.05) is 35.1 Å². The van der Waals surface area contributed by atoms with E-state index >= 15 is 0 Å². The summed E-state index contributed by atoms with van der Waals surface area (Å²) in [5, 5.41) is 5.24.